The summed E-state index contributed by atoms with van der Waals surface area (Å²) in [6.45, 7) is 4.27. The molecule has 0 fully saturated rings. The minimum Gasteiger partial charge on any atom is -0.384 e. The van der Waals surface area contributed by atoms with Crippen LogP contribution in [-0.2, 0) is 6.42 Å². The first-order chi connectivity index (χ1) is 6.63. The first-order valence-corrected chi connectivity index (χ1v) is 4.80. The van der Waals surface area contributed by atoms with Crippen LogP contribution in [0.25, 0.3) is 0 Å². The summed E-state index contributed by atoms with van der Waals surface area (Å²) in [4.78, 5) is 3.94. The van der Waals surface area contributed by atoms with E-state index in [-0.39, 0.29) is 6.04 Å². The van der Waals surface area contributed by atoms with Crippen LogP contribution in [0.15, 0.2) is 18.3 Å². The Morgan fingerprint density at radius 3 is 2.71 bits per heavy atom. The molecule has 1 unspecified atom stereocenters. The van der Waals surface area contributed by atoms with Crippen molar-refractivity contribution in [2.45, 2.75) is 26.3 Å². The van der Waals surface area contributed by atoms with E-state index in [1.165, 1.54) is 0 Å². The third kappa shape index (κ3) is 2.97. The van der Waals surface area contributed by atoms with Crippen molar-refractivity contribution in [3.8, 4) is 0 Å². The van der Waals surface area contributed by atoms with Gasteiger partial charge in [0.1, 0.15) is 5.82 Å². The van der Waals surface area contributed by atoms with Gasteiger partial charge in [-0.2, -0.15) is 0 Å². The van der Waals surface area contributed by atoms with E-state index in [0.29, 0.717) is 11.7 Å². The zero-order valence-corrected chi connectivity index (χ0v) is 8.70. The Bertz CT molecular complexity index is 285. The van der Waals surface area contributed by atoms with Crippen LogP contribution in [0.3, 0.4) is 0 Å². The Morgan fingerprint density at radius 1 is 1.50 bits per heavy atom. The smallest absolute Gasteiger partial charge is 0.123 e. The molecular weight excluding hydrogens is 176 g/mol. The molecule has 0 saturated heterocycles. The fourth-order valence-electron chi connectivity index (χ4n) is 1.36. The quantitative estimate of drug-likeness (QED) is 0.487. The van der Waals surface area contributed by atoms with E-state index in [1.807, 2.05) is 12.1 Å². The van der Waals surface area contributed by atoms with E-state index < -0.39 is 0 Å². The number of nitrogen functional groups attached to an aromatic ring is 1. The van der Waals surface area contributed by atoms with Gasteiger partial charge in [0, 0.05) is 12.2 Å². The fourth-order valence-corrected chi connectivity index (χ4v) is 1.36. The van der Waals surface area contributed by atoms with E-state index in [0.717, 1.165) is 12.0 Å². The number of anilines is 1. The van der Waals surface area contributed by atoms with Gasteiger partial charge in [-0.3, -0.25) is 11.3 Å². The monoisotopic (exact) mass is 194 g/mol. The van der Waals surface area contributed by atoms with Gasteiger partial charge in [0.2, 0.25) is 0 Å². The third-order valence-electron chi connectivity index (χ3n) is 2.32. The molecule has 0 aliphatic heterocycles. The highest BCUT2D eigenvalue weighted by atomic mass is 15.2. The maximum absolute atomic E-state index is 5.59. The highest BCUT2D eigenvalue weighted by Crippen LogP contribution is 2.10. The number of rotatable bonds is 4. The largest absolute Gasteiger partial charge is 0.384 e. The number of aromatic nitrogens is 1. The van der Waals surface area contributed by atoms with Crippen LogP contribution >= 0.6 is 0 Å². The van der Waals surface area contributed by atoms with Crippen LogP contribution in [0.5, 0.6) is 0 Å². The molecule has 0 aliphatic rings. The van der Waals surface area contributed by atoms with E-state index in [9.17, 15) is 0 Å². The zero-order valence-electron chi connectivity index (χ0n) is 8.70. The Morgan fingerprint density at radius 2 is 2.21 bits per heavy atom. The van der Waals surface area contributed by atoms with Crippen molar-refractivity contribution in [2.75, 3.05) is 5.73 Å². The van der Waals surface area contributed by atoms with Crippen LogP contribution in [0.2, 0.25) is 0 Å². The van der Waals surface area contributed by atoms with E-state index in [1.54, 1.807) is 6.20 Å². The van der Waals surface area contributed by atoms with E-state index >= 15 is 0 Å². The molecular formula is C10H18N4. The molecule has 0 saturated carbocycles. The number of hydrogen-bond donors (Lipinski definition) is 3. The lowest BCUT2D eigenvalue weighted by atomic mass is 9.97. The lowest BCUT2D eigenvalue weighted by Crippen LogP contribution is -2.40. The molecule has 0 aliphatic carbocycles. The van der Waals surface area contributed by atoms with E-state index in [4.69, 9.17) is 11.6 Å². The summed E-state index contributed by atoms with van der Waals surface area (Å²) in [6, 6.07) is 4.12. The van der Waals surface area contributed by atoms with Crippen LogP contribution in [0, 0.1) is 5.92 Å². The summed E-state index contributed by atoms with van der Waals surface area (Å²) in [6.07, 6.45) is 2.60. The standard InChI is InChI=1S/C10H18N4/c1-7(2)9(14-12)5-8-3-4-13-10(11)6-8/h3-4,6-7,9,14H,5,12H2,1-2H3,(H2,11,13). The highest BCUT2D eigenvalue weighted by Gasteiger charge is 2.11. The molecule has 1 aromatic heterocycles. The first-order valence-electron chi connectivity index (χ1n) is 4.80. The number of nitrogens with one attached hydrogen (secondary N) is 1. The van der Waals surface area contributed by atoms with Crippen molar-refractivity contribution in [3.05, 3.63) is 23.9 Å². The van der Waals surface area contributed by atoms with Crippen LogP contribution < -0.4 is 17.0 Å². The minimum atomic E-state index is 0.275. The molecule has 0 aromatic carbocycles. The second kappa shape index (κ2) is 4.93. The van der Waals surface area contributed by atoms with Crippen molar-refractivity contribution in [2.24, 2.45) is 11.8 Å². The van der Waals surface area contributed by atoms with Crippen molar-refractivity contribution in [3.63, 3.8) is 0 Å². The molecule has 0 amide bonds. The van der Waals surface area contributed by atoms with Gasteiger partial charge in [0.25, 0.3) is 0 Å². The molecule has 5 N–H and O–H groups in total. The Hall–Kier alpha value is -1.13. The molecule has 78 valence electrons. The van der Waals surface area contributed by atoms with Crippen LogP contribution in [0.4, 0.5) is 5.82 Å². The fraction of sp³-hybridized carbons (Fsp3) is 0.500. The Labute approximate surface area is 84.7 Å². The molecule has 0 bridgehead atoms. The molecule has 4 heteroatoms. The van der Waals surface area contributed by atoms with Gasteiger partial charge in [-0.25, -0.2) is 4.98 Å². The molecule has 1 atom stereocenters. The number of nitrogens with zero attached hydrogens (tertiary/aromatic N) is 1. The lowest BCUT2D eigenvalue weighted by molar-refractivity contribution is 0.404. The predicted molar refractivity (Wildman–Crippen MR) is 58.3 cm³/mol. The van der Waals surface area contributed by atoms with Gasteiger partial charge < -0.3 is 5.73 Å². The molecule has 1 rings (SSSR count). The van der Waals surface area contributed by atoms with Gasteiger partial charge in [0.05, 0.1) is 0 Å². The minimum absolute atomic E-state index is 0.275. The number of hydrazine groups is 1. The van der Waals surface area contributed by atoms with Crippen LogP contribution in [0.1, 0.15) is 19.4 Å². The zero-order chi connectivity index (χ0) is 10.6. The van der Waals surface area contributed by atoms with Crippen molar-refractivity contribution >= 4 is 5.82 Å². The van der Waals surface area contributed by atoms with Gasteiger partial charge in [-0.15, -0.1) is 0 Å². The topological polar surface area (TPSA) is 77.0 Å². The number of hydrogen-bond acceptors (Lipinski definition) is 4. The SMILES string of the molecule is CC(C)C(Cc1ccnc(N)c1)NN. The average molecular weight is 194 g/mol. The summed E-state index contributed by atoms with van der Waals surface area (Å²) < 4.78 is 0. The summed E-state index contributed by atoms with van der Waals surface area (Å²) in [5.41, 5.74) is 9.56. The lowest BCUT2D eigenvalue weighted by Gasteiger charge is -2.19. The molecule has 0 spiro atoms. The maximum atomic E-state index is 5.59. The molecule has 1 heterocycles. The van der Waals surface area contributed by atoms with Crippen molar-refractivity contribution < 1.29 is 0 Å². The molecule has 14 heavy (non-hydrogen) atoms. The summed E-state index contributed by atoms with van der Waals surface area (Å²) >= 11 is 0. The summed E-state index contributed by atoms with van der Waals surface area (Å²) in [7, 11) is 0. The molecule has 1 aromatic rings. The Balaban J connectivity index is 2.67. The van der Waals surface area contributed by atoms with Crippen LogP contribution in [-0.4, -0.2) is 11.0 Å². The van der Waals surface area contributed by atoms with Gasteiger partial charge in [-0.05, 0) is 30.0 Å². The Kier molecular flexibility index (Phi) is 3.85. The average Bonchev–Trinajstić information content (AvgIpc) is 2.14. The predicted octanol–water partition coefficient (Wildman–Crippen LogP) is 0.694. The first kappa shape index (κ1) is 10.9. The second-order valence-corrected chi connectivity index (χ2v) is 3.81. The molecule has 4 nitrogen and oxygen atoms in total. The highest BCUT2D eigenvalue weighted by molar-refractivity contribution is 5.32. The maximum Gasteiger partial charge on any atom is 0.123 e. The number of nitrogens with two attached hydrogens (primary N) is 2. The summed E-state index contributed by atoms with van der Waals surface area (Å²) in [5.74, 6) is 6.51. The number of pyridine rings is 1. The second-order valence-electron chi connectivity index (χ2n) is 3.81. The normalized spacial score (nSPS) is 13.1. The molecule has 0 radical (unpaired) electrons. The van der Waals surface area contributed by atoms with Gasteiger partial charge >= 0.3 is 0 Å². The third-order valence-corrected chi connectivity index (χ3v) is 2.32. The van der Waals surface area contributed by atoms with Crippen molar-refractivity contribution in [1.29, 1.82) is 0 Å². The van der Waals surface area contributed by atoms with Gasteiger partial charge in [0.15, 0.2) is 0 Å². The van der Waals surface area contributed by atoms with E-state index in [2.05, 4.69) is 24.3 Å². The van der Waals surface area contributed by atoms with Gasteiger partial charge in [-0.1, -0.05) is 13.8 Å². The van der Waals surface area contributed by atoms with Crippen molar-refractivity contribution in [1.82, 2.24) is 10.4 Å². The summed E-state index contributed by atoms with van der Waals surface area (Å²) in [5, 5.41) is 0.